The summed E-state index contributed by atoms with van der Waals surface area (Å²) < 4.78 is 11.3. The third kappa shape index (κ3) is 7.86. The highest BCUT2D eigenvalue weighted by atomic mass is 16.6. The van der Waals surface area contributed by atoms with Crippen LogP contribution < -0.4 is 15.8 Å². The lowest BCUT2D eigenvalue weighted by Gasteiger charge is -2.23. The van der Waals surface area contributed by atoms with E-state index >= 15 is 0 Å². The molecule has 0 radical (unpaired) electrons. The van der Waals surface area contributed by atoms with Gasteiger partial charge in [0.15, 0.2) is 0 Å². The van der Waals surface area contributed by atoms with Crippen molar-refractivity contribution >= 4 is 12.0 Å². The van der Waals surface area contributed by atoms with Gasteiger partial charge < -0.3 is 25.6 Å². The monoisotopic (exact) mass is 476 g/mol. The predicted octanol–water partition coefficient (Wildman–Crippen LogP) is 4.52. The number of aliphatic hydroxyl groups is 1. The summed E-state index contributed by atoms with van der Waals surface area (Å²) in [5, 5.41) is 12.6. The van der Waals surface area contributed by atoms with Gasteiger partial charge in [-0.1, -0.05) is 54.6 Å². The third-order valence-corrected chi connectivity index (χ3v) is 5.15. The van der Waals surface area contributed by atoms with Gasteiger partial charge in [-0.25, -0.2) is 4.79 Å². The Hall–Kier alpha value is -3.84. The predicted molar refractivity (Wildman–Crippen MR) is 135 cm³/mol. The Labute approximate surface area is 205 Å². The van der Waals surface area contributed by atoms with E-state index < -0.39 is 23.6 Å². The van der Waals surface area contributed by atoms with E-state index in [0.29, 0.717) is 12.4 Å². The summed E-state index contributed by atoms with van der Waals surface area (Å²) in [5.74, 6) is 0.211. The molecule has 4 N–H and O–H groups in total. The summed E-state index contributed by atoms with van der Waals surface area (Å²) in [6.07, 6.45) is -0.468. The van der Waals surface area contributed by atoms with Crippen molar-refractivity contribution in [3.63, 3.8) is 0 Å². The number of amides is 2. The first-order valence-electron chi connectivity index (χ1n) is 11.4. The van der Waals surface area contributed by atoms with Crippen molar-refractivity contribution in [2.24, 2.45) is 5.73 Å². The van der Waals surface area contributed by atoms with Crippen LogP contribution in [0.4, 0.5) is 4.79 Å². The van der Waals surface area contributed by atoms with Crippen molar-refractivity contribution < 1.29 is 24.2 Å². The van der Waals surface area contributed by atoms with Crippen LogP contribution in [-0.2, 0) is 22.6 Å². The number of benzene rings is 3. The maximum Gasteiger partial charge on any atom is 0.408 e. The second kappa shape index (κ2) is 11.5. The van der Waals surface area contributed by atoms with Gasteiger partial charge in [-0.15, -0.1) is 0 Å². The van der Waals surface area contributed by atoms with Crippen molar-refractivity contribution in [1.82, 2.24) is 5.32 Å². The van der Waals surface area contributed by atoms with Crippen LogP contribution in [0.3, 0.4) is 0 Å². The van der Waals surface area contributed by atoms with Crippen molar-refractivity contribution in [2.45, 2.75) is 45.4 Å². The molecule has 7 heteroatoms. The van der Waals surface area contributed by atoms with Crippen molar-refractivity contribution in [1.29, 1.82) is 0 Å². The van der Waals surface area contributed by atoms with E-state index in [1.54, 1.807) is 20.8 Å². The van der Waals surface area contributed by atoms with Gasteiger partial charge in [0, 0.05) is 5.56 Å². The Bertz CT molecular complexity index is 1170. The maximum atomic E-state index is 12.2. The molecular formula is C28H32N2O5. The average molecular weight is 477 g/mol. The molecule has 184 valence electrons. The largest absolute Gasteiger partial charge is 0.489 e. The van der Waals surface area contributed by atoms with Gasteiger partial charge in [0.05, 0.1) is 19.1 Å². The second-order valence-electron chi connectivity index (χ2n) is 9.25. The molecule has 0 aliphatic rings. The zero-order valence-corrected chi connectivity index (χ0v) is 20.3. The molecule has 35 heavy (non-hydrogen) atoms. The molecule has 3 aromatic rings. The number of rotatable bonds is 9. The quantitative estimate of drug-likeness (QED) is 0.421. The van der Waals surface area contributed by atoms with E-state index in [0.717, 1.165) is 27.8 Å². The zero-order valence-electron chi connectivity index (χ0n) is 20.3. The molecule has 0 aromatic heterocycles. The first-order valence-corrected chi connectivity index (χ1v) is 11.4. The molecule has 0 saturated carbocycles. The third-order valence-electron chi connectivity index (χ3n) is 5.15. The topological polar surface area (TPSA) is 111 Å². The van der Waals surface area contributed by atoms with Gasteiger partial charge in [-0.05, 0) is 61.2 Å². The van der Waals surface area contributed by atoms with Crippen molar-refractivity contribution in [3.8, 4) is 16.9 Å². The molecule has 1 atom stereocenters. The van der Waals surface area contributed by atoms with E-state index in [4.69, 9.17) is 15.2 Å². The number of alkyl carbamates (subject to hydrolysis) is 1. The van der Waals surface area contributed by atoms with E-state index in [1.165, 1.54) is 0 Å². The average Bonchev–Trinajstić information content (AvgIpc) is 2.81. The summed E-state index contributed by atoms with van der Waals surface area (Å²) in [6, 6.07) is 22.3. The van der Waals surface area contributed by atoms with Crippen LogP contribution in [0.1, 0.15) is 43.5 Å². The molecule has 0 aliphatic carbocycles. The number of nitrogens with two attached hydrogens (primary N) is 1. The van der Waals surface area contributed by atoms with Crippen LogP contribution in [0, 0.1) is 0 Å². The fourth-order valence-corrected chi connectivity index (χ4v) is 3.60. The molecule has 2 amide bonds. The first-order chi connectivity index (χ1) is 16.6. The van der Waals surface area contributed by atoms with E-state index in [2.05, 4.69) is 5.32 Å². The number of carbonyl (C=O) groups is 2. The summed E-state index contributed by atoms with van der Waals surface area (Å²) in [4.78, 5) is 23.5. The van der Waals surface area contributed by atoms with Crippen LogP contribution in [0.25, 0.3) is 11.1 Å². The summed E-state index contributed by atoms with van der Waals surface area (Å²) in [5.41, 5.74) is 9.07. The van der Waals surface area contributed by atoms with Gasteiger partial charge >= 0.3 is 6.09 Å². The Kier molecular flexibility index (Phi) is 8.49. The molecule has 7 nitrogen and oxygen atoms in total. The number of primary amides is 1. The van der Waals surface area contributed by atoms with Crippen molar-refractivity contribution in [2.75, 3.05) is 6.61 Å². The fourth-order valence-electron chi connectivity index (χ4n) is 3.60. The van der Waals surface area contributed by atoms with Gasteiger partial charge in [0.25, 0.3) is 0 Å². The van der Waals surface area contributed by atoms with E-state index in [1.807, 2.05) is 72.8 Å². The van der Waals surface area contributed by atoms with Crippen LogP contribution in [0.2, 0.25) is 0 Å². The lowest BCUT2D eigenvalue weighted by molar-refractivity contribution is -0.117. The summed E-state index contributed by atoms with van der Waals surface area (Å²) in [7, 11) is 0. The van der Waals surface area contributed by atoms with Gasteiger partial charge in [-0.3, -0.25) is 4.79 Å². The second-order valence-corrected chi connectivity index (χ2v) is 9.25. The molecule has 0 heterocycles. The normalized spacial score (nSPS) is 12.0. The fraction of sp³-hybridized carbons (Fsp3) is 0.286. The minimum Gasteiger partial charge on any atom is -0.489 e. The number of nitrogens with one attached hydrogen (secondary N) is 1. The number of aliphatic hydroxyl groups excluding tert-OH is 1. The number of ether oxygens (including phenoxy) is 2. The Morgan fingerprint density at radius 1 is 0.971 bits per heavy atom. The summed E-state index contributed by atoms with van der Waals surface area (Å²) >= 11 is 0. The molecule has 1 unspecified atom stereocenters. The molecule has 0 spiro atoms. The van der Waals surface area contributed by atoms with Crippen LogP contribution >= 0.6 is 0 Å². The SMILES string of the molecule is CC(C)(C)OC(=O)NC(CO)c1cccc(-c2cccc(COc3ccccc3CC(N)=O)c2)c1. The smallest absolute Gasteiger partial charge is 0.408 e. The van der Waals surface area contributed by atoms with Gasteiger partial charge in [-0.2, -0.15) is 0 Å². The highest BCUT2D eigenvalue weighted by Gasteiger charge is 2.20. The minimum atomic E-state index is -0.630. The standard InChI is InChI=1S/C28H32N2O5/c1-28(2,3)35-27(33)30-24(17-31)22-12-7-11-21(15-22)20-10-6-8-19(14-20)18-34-25-13-5-4-9-23(25)16-26(29)32/h4-15,24,31H,16-18H2,1-3H3,(H2,29,32)(H,30,33). The lowest BCUT2D eigenvalue weighted by atomic mass is 9.98. The number of para-hydroxylation sites is 1. The maximum absolute atomic E-state index is 12.2. The number of hydrogen-bond acceptors (Lipinski definition) is 5. The molecule has 3 aromatic carbocycles. The van der Waals surface area contributed by atoms with E-state index in [-0.39, 0.29) is 13.0 Å². The Morgan fingerprint density at radius 2 is 1.66 bits per heavy atom. The van der Waals surface area contributed by atoms with Gasteiger partial charge in [0.2, 0.25) is 5.91 Å². The minimum absolute atomic E-state index is 0.117. The van der Waals surface area contributed by atoms with E-state index in [9.17, 15) is 14.7 Å². The first kappa shape index (κ1) is 25.8. The highest BCUT2D eigenvalue weighted by molar-refractivity contribution is 5.77. The van der Waals surface area contributed by atoms with Crippen molar-refractivity contribution in [3.05, 3.63) is 89.5 Å². The molecule has 0 bridgehead atoms. The lowest BCUT2D eigenvalue weighted by Crippen LogP contribution is -2.36. The van der Waals surface area contributed by atoms with Crippen LogP contribution in [0.5, 0.6) is 5.75 Å². The van der Waals surface area contributed by atoms with Crippen LogP contribution in [-0.4, -0.2) is 29.3 Å². The van der Waals surface area contributed by atoms with Crippen LogP contribution in [0.15, 0.2) is 72.8 Å². The number of carbonyl (C=O) groups excluding carboxylic acids is 2. The Morgan fingerprint density at radius 3 is 2.34 bits per heavy atom. The molecule has 3 rings (SSSR count). The zero-order chi connectivity index (χ0) is 25.4. The molecule has 0 fully saturated rings. The Balaban J connectivity index is 1.74. The number of hydrogen-bond donors (Lipinski definition) is 3. The molecule has 0 aliphatic heterocycles. The molecule has 0 saturated heterocycles. The summed E-state index contributed by atoms with van der Waals surface area (Å²) in [6.45, 7) is 5.42. The molecular weight excluding hydrogens is 444 g/mol. The highest BCUT2D eigenvalue weighted by Crippen LogP contribution is 2.26. The van der Waals surface area contributed by atoms with Gasteiger partial charge in [0.1, 0.15) is 18.0 Å².